The Morgan fingerprint density at radius 1 is 0.885 bits per heavy atom. The van der Waals surface area contributed by atoms with Gasteiger partial charge in [-0.1, -0.05) is 53.0 Å². The lowest BCUT2D eigenvalue weighted by Gasteiger charge is -2.21. The molecule has 2 aromatic heterocycles. The molecule has 0 spiro atoms. The fraction of sp³-hybridized carbons (Fsp3) is 0.0500. The second-order valence-corrected chi connectivity index (χ2v) is 7.19. The highest BCUT2D eigenvalue weighted by Gasteiger charge is 2.23. The number of hydrogen-bond donors (Lipinski definition) is 1. The normalized spacial score (nSPS) is 12.3. The lowest BCUT2D eigenvalue weighted by Crippen LogP contribution is -2.11. The van der Waals surface area contributed by atoms with Crippen LogP contribution in [-0.4, -0.2) is 14.5 Å². The molecule has 4 rings (SSSR count). The zero-order valence-electron chi connectivity index (χ0n) is 13.5. The first-order chi connectivity index (χ1) is 12.6. The van der Waals surface area contributed by atoms with Gasteiger partial charge in [0.15, 0.2) is 0 Å². The van der Waals surface area contributed by atoms with Crippen molar-refractivity contribution >= 4 is 34.8 Å². The van der Waals surface area contributed by atoms with Crippen molar-refractivity contribution in [2.24, 2.45) is 0 Å². The van der Waals surface area contributed by atoms with Crippen LogP contribution < -0.4 is 0 Å². The molecule has 0 aliphatic carbocycles. The van der Waals surface area contributed by atoms with Gasteiger partial charge in [0.2, 0.25) is 0 Å². The monoisotopic (exact) mass is 401 g/mol. The van der Waals surface area contributed by atoms with Gasteiger partial charge in [-0.2, -0.15) is 0 Å². The Morgan fingerprint density at radius 2 is 1.65 bits per heavy atom. The van der Waals surface area contributed by atoms with Crippen LogP contribution in [0.15, 0.2) is 73.6 Å². The van der Waals surface area contributed by atoms with Crippen LogP contribution in [0.3, 0.4) is 0 Å². The molecule has 4 aromatic rings. The third kappa shape index (κ3) is 3.26. The van der Waals surface area contributed by atoms with Gasteiger partial charge in [0, 0.05) is 51.0 Å². The fourth-order valence-electron chi connectivity index (χ4n) is 3.12. The van der Waals surface area contributed by atoms with Crippen LogP contribution in [0.1, 0.15) is 17.2 Å². The number of H-pyrrole nitrogens is 1. The Morgan fingerprint density at radius 3 is 2.35 bits per heavy atom. The Hall–Kier alpha value is -2.20. The number of halogens is 3. The van der Waals surface area contributed by atoms with Gasteiger partial charge in [-0.3, -0.25) is 0 Å². The lowest BCUT2D eigenvalue weighted by molar-refractivity contribution is 0.679. The number of benzene rings is 2. The van der Waals surface area contributed by atoms with Crippen molar-refractivity contribution in [3.05, 3.63) is 99.8 Å². The highest BCUT2D eigenvalue weighted by molar-refractivity contribution is 6.35. The molecule has 0 radical (unpaired) electrons. The molecule has 1 unspecified atom stereocenters. The Kier molecular flexibility index (Phi) is 4.77. The average molecular weight is 403 g/mol. The highest BCUT2D eigenvalue weighted by atomic mass is 35.5. The van der Waals surface area contributed by atoms with E-state index in [1.807, 2.05) is 59.6 Å². The molecule has 0 saturated carbocycles. The predicted octanol–water partition coefficient (Wildman–Crippen LogP) is 6.48. The van der Waals surface area contributed by atoms with Crippen LogP contribution in [0, 0.1) is 0 Å². The van der Waals surface area contributed by atoms with Crippen LogP contribution >= 0.6 is 34.8 Å². The molecule has 3 nitrogen and oxygen atoms in total. The fourth-order valence-corrected chi connectivity index (χ4v) is 3.75. The maximum atomic E-state index is 6.53. The number of aromatic amines is 1. The third-order valence-corrected chi connectivity index (χ3v) is 5.12. The zero-order valence-corrected chi connectivity index (χ0v) is 15.8. The highest BCUT2D eigenvalue weighted by Crippen LogP contribution is 2.38. The van der Waals surface area contributed by atoms with Crippen LogP contribution in [0.25, 0.3) is 11.1 Å². The maximum absolute atomic E-state index is 6.53. The molecule has 0 fully saturated rings. The standard InChI is InChI=1S/C20H14Cl3N3/c21-14-3-1-13(2-4-14)17-10-25-11-18(17)20(26-8-7-24-12-26)16-6-5-15(22)9-19(16)23/h1-12,20,25H. The van der Waals surface area contributed by atoms with Crippen molar-refractivity contribution in [3.8, 4) is 11.1 Å². The van der Waals surface area contributed by atoms with Crippen LogP contribution in [0.4, 0.5) is 0 Å². The van der Waals surface area contributed by atoms with Crippen molar-refractivity contribution < 1.29 is 0 Å². The number of hydrogen-bond acceptors (Lipinski definition) is 1. The molecular weight excluding hydrogens is 389 g/mol. The zero-order chi connectivity index (χ0) is 18.1. The van der Waals surface area contributed by atoms with E-state index in [-0.39, 0.29) is 6.04 Å². The van der Waals surface area contributed by atoms with E-state index in [2.05, 4.69) is 9.97 Å². The SMILES string of the molecule is Clc1ccc(-c2c[nH]cc2C(c2ccc(Cl)cc2Cl)n2ccnc2)cc1. The first kappa shape index (κ1) is 17.2. The third-order valence-electron chi connectivity index (χ3n) is 4.31. The minimum Gasteiger partial charge on any atom is -0.367 e. The second kappa shape index (κ2) is 7.20. The van der Waals surface area contributed by atoms with E-state index in [1.54, 1.807) is 18.6 Å². The first-order valence-electron chi connectivity index (χ1n) is 7.98. The Labute approximate surface area is 166 Å². The van der Waals surface area contributed by atoms with Gasteiger partial charge in [-0.25, -0.2) is 4.98 Å². The summed E-state index contributed by atoms with van der Waals surface area (Å²) < 4.78 is 2.03. The number of imidazole rings is 1. The molecule has 0 saturated heterocycles. The van der Waals surface area contributed by atoms with E-state index >= 15 is 0 Å². The molecule has 2 heterocycles. The summed E-state index contributed by atoms with van der Waals surface area (Å²) in [5.74, 6) is 0. The number of aromatic nitrogens is 3. The van der Waals surface area contributed by atoms with E-state index in [0.717, 1.165) is 22.3 Å². The van der Waals surface area contributed by atoms with Gasteiger partial charge < -0.3 is 9.55 Å². The van der Waals surface area contributed by atoms with Crippen molar-refractivity contribution in [2.45, 2.75) is 6.04 Å². The largest absolute Gasteiger partial charge is 0.367 e. The van der Waals surface area contributed by atoms with Gasteiger partial charge in [0.1, 0.15) is 0 Å². The van der Waals surface area contributed by atoms with Gasteiger partial charge >= 0.3 is 0 Å². The number of nitrogens with one attached hydrogen (secondary N) is 1. The number of rotatable bonds is 4. The summed E-state index contributed by atoms with van der Waals surface area (Å²) in [7, 11) is 0. The molecular formula is C20H14Cl3N3. The lowest BCUT2D eigenvalue weighted by atomic mass is 9.94. The quantitative estimate of drug-likeness (QED) is 0.416. The Balaban J connectivity index is 1.89. The van der Waals surface area contributed by atoms with E-state index in [9.17, 15) is 0 Å². The average Bonchev–Trinajstić information content (AvgIpc) is 3.30. The van der Waals surface area contributed by atoms with E-state index < -0.39 is 0 Å². The van der Waals surface area contributed by atoms with E-state index in [4.69, 9.17) is 34.8 Å². The second-order valence-electron chi connectivity index (χ2n) is 5.91. The summed E-state index contributed by atoms with van der Waals surface area (Å²) in [6, 6.07) is 13.2. The topological polar surface area (TPSA) is 33.6 Å². The van der Waals surface area contributed by atoms with Crippen molar-refractivity contribution in [3.63, 3.8) is 0 Å². The summed E-state index contributed by atoms with van der Waals surface area (Å²) in [5.41, 5.74) is 4.17. The maximum Gasteiger partial charge on any atom is 0.0954 e. The van der Waals surface area contributed by atoms with E-state index in [0.29, 0.717) is 15.1 Å². The van der Waals surface area contributed by atoms with E-state index in [1.165, 1.54) is 0 Å². The molecule has 0 bridgehead atoms. The van der Waals surface area contributed by atoms with Crippen LogP contribution in [-0.2, 0) is 0 Å². The smallest absolute Gasteiger partial charge is 0.0954 e. The molecule has 0 amide bonds. The summed E-state index contributed by atoms with van der Waals surface area (Å²) in [5, 5.41) is 1.92. The molecule has 0 aliphatic heterocycles. The summed E-state index contributed by atoms with van der Waals surface area (Å²) in [4.78, 5) is 7.42. The van der Waals surface area contributed by atoms with Gasteiger partial charge in [-0.05, 0) is 35.4 Å². The molecule has 1 atom stereocenters. The number of nitrogens with zero attached hydrogens (tertiary/aromatic N) is 2. The summed E-state index contributed by atoms with van der Waals surface area (Å²) in [6.45, 7) is 0. The molecule has 0 aliphatic rings. The van der Waals surface area contributed by atoms with Gasteiger partial charge in [0.05, 0.1) is 12.4 Å². The van der Waals surface area contributed by atoms with Crippen LogP contribution in [0.2, 0.25) is 15.1 Å². The predicted molar refractivity (Wildman–Crippen MR) is 107 cm³/mol. The van der Waals surface area contributed by atoms with Crippen molar-refractivity contribution in [1.29, 1.82) is 0 Å². The Bertz CT molecular complexity index is 1020. The van der Waals surface area contributed by atoms with Gasteiger partial charge in [-0.15, -0.1) is 0 Å². The molecule has 130 valence electrons. The molecule has 6 heteroatoms. The van der Waals surface area contributed by atoms with Crippen molar-refractivity contribution in [1.82, 2.24) is 14.5 Å². The summed E-state index contributed by atoms with van der Waals surface area (Å²) >= 11 is 18.7. The first-order valence-corrected chi connectivity index (χ1v) is 9.12. The van der Waals surface area contributed by atoms with Crippen LogP contribution in [0.5, 0.6) is 0 Å². The molecule has 2 aromatic carbocycles. The minimum absolute atomic E-state index is 0.140. The summed E-state index contributed by atoms with van der Waals surface area (Å²) in [6.07, 6.45) is 9.43. The molecule has 1 N–H and O–H groups in total. The minimum atomic E-state index is -0.140. The van der Waals surface area contributed by atoms with Gasteiger partial charge in [0.25, 0.3) is 0 Å². The molecule has 26 heavy (non-hydrogen) atoms. The van der Waals surface area contributed by atoms with Crippen molar-refractivity contribution in [2.75, 3.05) is 0 Å².